The highest BCUT2D eigenvalue weighted by Crippen LogP contribution is 2.32. The van der Waals surface area contributed by atoms with Gasteiger partial charge in [0.1, 0.15) is 5.82 Å². The SMILES string of the molecule is CCc1cccc(NC(=S)N2c3ccc(F)cc3CCC2C)c1. The molecule has 0 radical (unpaired) electrons. The minimum atomic E-state index is -0.187. The van der Waals surface area contributed by atoms with Crippen LogP contribution >= 0.6 is 12.2 Å². The van der Waals surface area contributed by atoms with Crippen molar-refractivity contribution in [2.75, 3.05) is 10.2 Å². The highest BCUT2D eigenvalue weighted by molar-refractivity contribution is 7.80. The molecule has 23 heavy (non-hydrogen) atoms. The maximum absolute atomic E-state index is 13.5. The van der Waals surface area contributed by atoms with Crippen LogP contribution in [-0.2, 0) is 12.8 Å². The number of nitrogens with zero attached hydrogens (tertiary/aromatic N) is 1. The van der Waals surface area contributed by atoms with E-state index in [1.54, 1.807) is 6.07 Å². The first kappa shape index (κ1) is 15.9. The number of anilines is 2. The molecule has 0 amide bonds. The third-order valence-electron chi connectivity index (χ3n) is 4.38. The van der Waals surface area contributed by atoms with E-state index in [1.165, 1.54) is 11.6 Å². The molecule has 1 heterocycles. The number of halogens is 1. The fourth-order valence-corrected chi connectivity index (χ4v) is 3.48. The first-order valence-electron chi connectivity index (χ1n) is 8.06. The molecule has 1 atom stereocenters. The standard InChI is InChI=1S/C19H21FN2S/c1-3-14-5-4-6-17(11-14)21-19(23)22-13(2)7-8-15-12-16(20)9-10-18(15)22/h4-6,9-13H,3,7-8H2,1-2H3,(H,21,23). The highest BCUT2D eigenvalue weighted by Gasteiger charge is 2.26. The normalized spacial score (nSPS) is 16.8. The van der Waals surface area contributed by atoms with Gasteiger partial charge in [-0.15, -0.1) is 0 Å². The summed E-state index contributed by atoms with van der Waals surface area (Å²) < 4.78 is 13.5. The Morgan fingerprint density at radius 1 is 1.30 bits per heavy atom. The molecule has 0 bridgehead atoms. The Bertz CT molecular complexity index is 729. The Kier molecular flexibility index (Phi) is 4.62. The summed E-state index contributed by atoms with van der Waals surface area (Å²) in [7, 11) is 0. The summed E-state index contributed by atoms with van der Waals surface area (Å²) in [6, 6.07) is 13.5. The number of thiocarbonyl (C=S) groups is 1. The molecule has 0 aliphatic carbocycles. The van der Waals surface area contributed by atoms with E-state index in [1.807, 2.05) is 18.2 Å². The molecule has 0 saturated carbocycles. The minimum Gasteiger partial charge on any atom is -0.332 e. The second-order valence-electron chi connectivity index (χ2n) is 6.01. The van der Waals surface area contributed by atoms with Crippen molar-refractivity contribution in [2.24, 2.45) is 0 Å². The first-order chi connectivity index (χ1) is 11.1. The summed E-state index contributed by atoms with van der Waals surface area (Å²) in [5, 5.41) is 4.00. The van der Waals surface area contributed by atoms with E-state index in [9.17, 15) is 4.39 Å². The van der Waals surface area contributed by atoms with Gasteiger partial charge in [0.25, 0.3) is 0 Å². The number of fused-ring (bicyclic) bond motifs is 1. The van der Waals surface area contributed by atoms with E-state index < -0.39 is 0 Å². The van der Waals surface area contributed by atoms with Crippen molar-refractivity contribution in [1.82, 2.24) is 0 Å². The molecule has 4 heteroatoms. The molecule has 0 spiro atoms. The second-order valence-corrected chi connectivity index (χ2v) is 6.40. The van der Waals surface area contributed by atoms with E-state index in [4.69, 9.17) is 12.2 Å². The largest absolute Gasteiger partial charge is 0.332 e. The van der Waals surface area contributed by atoms with Crippen LogP contribution in [0, 0.1) is 5.82 Å². The predicted molar refractivity (Wildman–Crippen MR) is 98.7 cm³/mol. The zero-order valence-electron chi connectivity index (χ0n) is 13.5. The summed E-state index contributed by atoms with van der Waals surface area (Å²) in [6.45, 7) is 4.29. The molecular weight excluding hydrogens is 307 g/mol. The van der Waals surface area contributed by atoms with Gasteiger partial charge >= 0.3 is 0 Å². The van der Waals surface area contributed by atoms with Crippen LogP contribution in [0.5, 0.6) is 0 Å². The molecule has 0 fully saturated rings. The van der Waals surface area contributed by atoms with Crippen LogP contribution in [0.15, 0.2) is 42.5 Å². The van der Waals surface area contributed by atoms with Gasteiger partial charge in [0.2, 0.25) is 0 Å². The number of aryl methyl sites for hydroxylation is 2. The molecule has 1 unspecified atom stereocenters. The zero-order chi connectivity index (χ0) is 16.4. The van der Waals surface area contributed by atoms with Crippen molar-refractivity contribution in [2.45, 2.75) is 39.2 Å². The molecule has 1 aliphatic rings. The average Bonchev–Trinajstić information content (AvgIpc) is 2.55. The molecule has 3 rings (SSSR count). The quantitative estimate of drug-likeness (QED) is 0.787. The van der Waals surface area contributed by atoms with Crippen LogP contribution < -0.4 is 10.2 Å². The van der Waals surface area contributed by atoms with Gasteiger partial charge in [0.15, 0.2) is 5.11 Å². The highest BCUT2D eigenvalue weighted by atomic mass is 32.1. The lowest BCUT2D eigenvalue weighted by molar-refractivity contribution is 0.604. The Balaban J connectivity index is 1.87. The molecule has 2 aromatic carbocycles. The molecule has 2 aromatic rings. The predicted octanol–water partition coefficient (Wildman–Crippen LogP) is 4.93. The summed E-state index contributed by atoms with van der Waals surface area (Å²) in [5.41, 5.74) is 4.30. The van der Waals surface area contributed by atoms with Crippen LogP contribution in [0.4, 0.5) is 15.8 Å². The number of hydrogen-bond donors (Lipinski definition) is 1. The van der Waals surface area contributed by atoms with Gasteiger partial charge < -0.3 is 10.2 Å². The third-order valence-corrected chi connectivity index (χ3v) is 4.68. The Morgan fingerprint density at radius 2 is 2.13 bits per heavy atom. The fraction of sp³-hybridized carbons (Fsp3) is 0.316. The van der Waals surface area contributed by atoms with Crippen LogP contribution in [0.3, 0.4) is 0 Å². The van der Waals surface area contributed by atoms with Crippen LogP contribution in [0.1, 0.15) is 31.4 Å². The fourth-order valence-electron chi connectivity index (χ4n) is 3.08. The number of rotatable bonds is 2. The summed E-state index contributed by atoms with van der Waals surface area (Å²) in [5.74, 6) is -0.187. The van der Waals surface area contributed by atoms with Crippen molar-refractivity contribution < 1.29 is 4.39 Å². The number of benzene rings is 2. The molecule has 1 N–H and O–H groups in total. The Morgan fingerprint density at radius 3 is 2.91 bits per heavy atom. The van der Waals surface area contributed by atoms with Gasteiger partial charge in [-0.05, 0) is 79.9 Å². The lowest BCUT2D eigenvalue weighted by Gasteiger charge is -2.37. The molecule has 0 aromatic heterocycles. The van der Waals surface area contributed by atoms with Crippen molar-refractivity contribution in [1.29, 1.82) is 0 Å². The maximum Gasteiger partial charge on any atom is 0.178 e. The molecule has 0 saturated heterocycles. The van der Waals surface area contributed by atoms with E-state index in [0.29, 0.717) is 11.2 Å². The molecule has 1 aliphatic heterocycles. The van der Waals surface area contributed by atoms with E-state index >= 15 is 0 Å². The Hall–Kier alpha value is -1.94. The second kappa shape index (κ2) is 6.67. The van der Waals surface area contributed by atoms with E-state index in [0.717, 1.165) is 36.2 Å². The maximum atomic E-state index is 13.5. The third kappa shape index (κ3) is 3.37. The Labute approximate surface area is 142 Å². The van der Waals surface area contributed by atoms with Crippen molar-refractivity contribution in [3.8, 4) is 0 Å². The zero-order valence-corrected chi connectivity index (χ0v) is 14.3. The van der Waals surface area contributed by atoms with Crippen LogP contribution in [-0.4, -0.2) is 11.2 Å². The van der Waals surface area contributed by atoms with Gasteiger partial charge in [-0.2, -0.15) is 0 Å². The number of nitrogens with one attached hydrogen (secondary N) is 1. The van der Waals surface area contributed by atoms with Crippen molar-refractivity contribution in [3.63, 3.8) is 0 Å². The van der Waals surface area contributed by atoms with Crippen LogP contribution in [0.2, 0.25) is 0 Å². The molecule has 120 valence electrons. The lowest BCUT2D eigenvalue weighted by atomic mass is 9.97. The topological polar surface area (TPSA) is 15.3 Å². The van der Waals surface area contributed by atoms with Gasteiger partial charge in [-0.1, -0.05) is 19.1 Å². The summed E-state index contributed by atoms with van der Waals surface area (Å²) >= 11 is 5.64. The van der Waals surface area contributed by atoms with Crippen molar-refractivity contribution in [3.05, 3.63) is 59.4 Å². The molecule has 2 nitrogen and oxygen atoms in total. The lowest BCUT2D eigenvalue weighted by Crippen LogP contribution is -2.44. The summed E-state index contributed by atoms with van der Waals surface area (Å²) in [6.07, 6.45) is 2.84. The van der Waals surface area contributed by atoms with Crippen LogP contribution in [0.25, 0.3) is 0 Å². The van der Waals surface area contributed by atoms with Gasteiger partial charge in [0.05, 0.1) is 0 Å². The smallest absolute Gasteiger partial charge is 0.178 e. The van der Waals surface area contributed by atoms with Gasteiger partial charge in [0, 0.05) is 17.4 Å². The summed E-state index contributed by atoms with van der Waals surface area (Å²) in [4.78, 5) is 2.10. The van der Waals surface area contributed by atoms with E-state index in [-0.39, 0.29) is 5.82 Å². The number of hydrogen-bond acceptors (Lipinski definition) is 1. The minimum absolute atomic E-state index is 0.187. The first-order valence-corrected chi connectivity index (χ1v) is 8.47. The van der Waals surface area contributed by atoms with E-state index in [2.05, 4.69) is 36.2 Å². The molecular formula is C19H21FN2S. The monoisotopic (exact) mass is 328 g/mol. The van der Waals surface area contributed by atoms with Gasteiger partial charge in [-0.25, -0.2) is 4.39 Å². The van der Waals surface area contributed by atoms with Gasteiger partial charge in [-0.3, -0.25) is 0 Å². The van der Waals surface area contributed by atoms with Crippen molar-refractivity contribution >= 4 is 28.7 Å². The average molecular weight is 328 g/mol.